The molecule has 0 radical (unpaired) electrons. The van der Waals surface area contributed by atoms with E-state index >= 15 is 0 Å². The molecule has 3 aromatic rings. The van der Waals surface area contributed by atoms with Crippen LogP contribution in [-0.2, 0) is 4.74 Å². The highest BCUT2D eigenvalue weighted by Gasteiger charge is 2.36. The first-order valence-corrected chi connectivity index (χ1v) is 12.7. The molecule has 0 saturated carbocycles. The first-order chi connectivity index (χ1) is 17.5. The molecule has 0 spiro atoms. The summed E-state index contributed by atoms with van der Waals surface area (Å²) >= 11 is 0. The first-order valence-electron chi connectivity index (χ1n) is 12.7. The minimum absolute atomic E-state index is 0.0914. The van der Waals surface area contributed by atoms with Gasteiger partial charge in [0.2, 0.25) is 0 Å². The SMILES string of the molecule is CCCOC(=O)Nc1cc2c3c(c1)C(c1c(O)ccc(C#N)c1C)CCN3CCC2c1ccccc1. The van der Waals surface area contributed by atoms with Crippen molar-refractivity contribution < 1.29 is 14.6 Å². The lowest BCUT2D eigenvalue weighted by molar-refractivity contribution is 0.161. The summed E-state index contributed by atoms with van der Waals surface area (Å²) in [5.41, 5.74) is 7.53. The Kier molecular flexibility index (Phi) is 6.56. The molecule has 2 N–H and O–H groups in total. The Labute approximate surface area is 212 Å². The highest BCUT2D eigenvalue weighted by atomic mass is 16.5. The van der Waals surface area contributed by atoms with Crippen LogP contribution in [0.5, 0.6) is 5.75 Å². The standard InChI is InChI=1S/C30H31N3O3/c1-3-15-36-30(35)32-22-16-25-23(20-7-5-4-6-8-20)11-13-33-14-12-24(26(17-22)29(25)33)28-19(2)21(18-31)9-10-27(28)34/h4-10,16-17,23-24,34H,3,11-15H2,1-2H3,(H,32,35). The van der Waals surface area contributed by atoms with Crippen molar-refractivity contribution in [2.45, 2.75) is 44.9 Å². The number of hydrogen-bond acceptors (Lipinski definition) is 5. The van der Waals surface area contributed by atoms with E-state index in [1.54, 1.807) is 12.1 Å². The fourth-order valence-corrected chi connectivity index (χ4v) is 5.82. The van der Waals surface area contributed by atoms with Crippen LogP contribution in [0.3, 0.4) is 0 Å². The quantitative estimate of drug-likeness (QED) is 0.440. The minimum Gasteiger partial charge on any atom is -0.508 e. The molecule has 36 heavy (non-hydrogen) atoms. The maximum atomic E-state index is 12.5. The molecule has 2 aliphatic heterocycles. The average molecular weight is 482 g/mol. The topological polar surface area (TPSA) is 85.6 Å². The molecule has 2 unspecified atom stereocenters. The van der Waals surface area contributed by atoms with Crippen LogP contribution in [0.2, 0.25) is 0 Å². The van der Waals surface area contributed by atoms with E-state index in [1.807, 2.05) is 26.0 Å². The summed E-state index contributed by atoms with van der Waals surface area (Å²) in [7, 11) is 0. The van der Waals surface area contributed by atoms with E-state index in [0.717, 1.165) is 49.0 Å². The fraction of sp³-hybridized carbons (Fsp3) is 0.333. The van der Waals surface area contributed by atoms with Crippen molar-refractivity contribution >= 4 is 17.5 Å². The predicted molar refractivity (Wildman–Crippen MR) is 141 cm³/mol. The van der Waals surface area contributed by atoms with Crippen LogP contribution in [0.1, 0.15) is 71.4 Å². The zero-order valence-electron chi connectivity index (χ0n) is 20.8. The lowest BCUT2D eigenvalue weighted by Crippen LogP contribution is -2.38. The van der Waals surface area contributed by atoms with Crippen LogP contribution in [0.25, 0.3) is 0 Å². The van der Waals surface area contributed by atoms with Gasteiger partial charge in [-0.1, -0.05) is 37.3 Å². The van der Waals surface area contributed by atoms with Gasteiger partial charge >= 0.3 is 6.09 Å². The molecule has 0 saturated heterocycles. The van der Waals surface area contributed by atoms with Crippen molar-refractivity contribution in [2.75, 3.05) is 29.9 Å². The van der Waals surface area contributed by atoms with Gasteiger partial charge in [-0.25, -0.2) is 4.79 Å². The third kappa shape index (κ3) is 4.26. The van der Waals surface area contributed by atoms with Gasteiger partial charge < -0.3 is 14.7 Å². The number of hydrogen-bond donors (Lipinski definition) is 2. The van der Waals surface area contributed by atoms with Crippen molar-refractivity contribution in [3.8, 4) is 11.8 Å². The summed E-state index contributed by atoms with van der Waals surface area (Å²) in [6, 6.07) is 20.1. The van der Waals surface area contributed by atoms with Gasteiger partial charge in [0.15, 0.2) is 0 Å². The van der Waals surface area contributed by atoms with Gasteiger partial charge in [-0.15, -0.1) is 0 Å². The lowest BCUT2D eigenvalue weighted by atomic mass is 9.75. The molecule has 3 aromatic carbocycles. The molecule has 2 heterocycles. The molecule has 2 aliphatic rings. The molecule has 2 atom stereocenters. The minimum atomic E-state index is -0.467. The lowest BCUT2D eigenvalue weighted by Gasteiger charge is -2.43. The molecular formula is C30H31N3O3. The van der Waals surface area contributed by atoms with Crippen LogP contribution in [0, 0.1) is 18.3 Å². The summed E-state index contributed by atoms with van der Waals surface area (Å²) in [5.74, 6) is 0.310. The Morgan fingerprint density at radius 3 is 2.50 bits per heavy atom. The van der Waals surface area contributed by atoms with E-state index in [2.05, 4.69) is 46.6 Å². The number of nitriles is 1. The van der Waals surface area contributed by atoms with Gasteiger partial charge in [-0.3, -0.25) is 5.32 Å². The number of phenols is 1. The maximum Gasteiger partial charge on any atom is 0.411 e. The molecule has 0 aromatic heterocycles. The third-order valence-electron chi connectivity index (χ3n) is 7.46. The van der Waals surface area contributed by atoms with Gasteiger partial charge in [-0.2, -0.15) is 5.26 Å². The first kappa shape index (κ1) is 23.7. The molecule has 0 bridgehead atoms. The molecule has 184 valence electrons. The molecule has 6 heteroatoms. The smallest absolute Gasteiger partial charge is 0.411 e. The second-order valence-corrected chi connectivity index (χ2v) is 9.63. The van der Waals surface area contributed by atoms with Crippen molar-refractivity contribution in [3.05, 3.63) is 88.0 Å². The van der Waals surface area contributed by atoms with Gasteiger partial charge in [0.1, 0.15) is 5.75 Å². The monoisotopic (exact) mass is 481 g/mol. The summed E-state index contributed by atoms with van der Waals surface area (Å²) in [6.45, 7) is 6.04. The van der Waals surface area contributed by atoms with E-state index in [4.69, 9.17) is 4.74 Å². The molecule has 1 amide bonds. The number of carbonyl (C=O) groups excluding carboxylic acids is 1. The molecule has 0 fully saturated rings. The van der Waals surface area contributed by atoms with Crippen LogP contribution in [-0.4, -0.2) is 30.9 Å². The Bertz CT molecular complexity index is 1330. The number of nitrogens with one attached hydrogen (secondary N) is 1. The zero-order chi connectivity index (χ0) is 25.2. The van der Waals surface area contributed by atoms with E-state index in [1.165, 1.54) is 16.8 Å². The number of phenolic OH excluding ortho intramolecular Hbond substituents is 1. The average Bonchev–Trinajstić information content (AvgIpc) is 2.89. The van der Waals surface area contributed by atoms with Gasteiger partial charge in [0, 0.05) is 41.9 Å². The Hall–Kier alpha value is -3.98. The van der Waals surface area contributed by atoms with Crippen molar-refractivity contribution in [3.63, 3.8) is 0 Å². The van der Waals surface area contributed by atoms with Gasteiger partial charge in [0.05, 0.1) is 18.2 Å². The largest absolute Gasteiger partial charge is 0.508 e. The van der Waals surface area contributed by atoms with E-state index in [9.17, 15) is 15.2 Å². The molecular weight excluding hydrogens is 450 g/mol. The normalized spacial score (nSPS) is 18.2. The second kappa shape index (κ2) is 9.94. The number of ether oxygens (including phenoxy) is 1. The fourth-order valence-electron chi connectivity index (χ4n) is 5.82. The van der Waals surface area contributed by atoms with Crippen LogP contribution < -0.4 is 10.2 Å². The van der Waals surface area contributed by atoms with E-state index in [0.29, 0.717) is 17.9 Å². The maximum absolute atomic E-state index is 12.5. The molecule has 0 aliphatic carbocycles. The van der Waals surface area contributed by atoms with Crippen molar-refractivity contribution in [1.82, 2.24) is 0 Å². The van der Waals surface area contributed by atoms with Gasteiger partial charge in [0.25, 0.3) is 0 Å². The summed E-state index contributed by atoms with van der Waals surface area (Å²) in [6.07, 6.45) is 2.09. The van der Waals surface area contributed by atoms with Crippen molar-refractivity contribution in [2.24, 2.45) is 0 Å². The molecule has 5 rings (SSSR count). The molecule has 6 nitrogen and oxygen atoms in total. The van der Waals surface area contributed by atoms with Crippen LogP contribution in [0.4, 0.5) is 16.2 Å². The summed E-state index contributed by atoms with van der Waals surface area (Å²) in [4.78, 5) is 14.9. The van der Waals surface area contributed by atoms with Crippen LogP contribution >= 0.6 is 0 Å². The summed E-state index contributed by atoms with van der Waals surface area (Å²) in [5, 5.41) is 23.5. The Balaban J connectivity index is 1.68. The Morgan fingerprint density at radius 2 is 1.81 bits per heavy atom. The summed E-state index contributed by atoms with van der Waals surface area (Å²) < 4.78 is 5.30. The number of nitrogens with zero attached hydrogens (tertiary/aromatic N) is 2. The van der Waals surface area contributed by atoms with Crippen LogP contribution in [0.15, 0.2) is 54.6 Å². The van der Waals surface area contributed by atoms with E-state index < -0.39 is 6.09 Å². The number of benzene rings is 3. The number of rotatable bonds is 5. The number of anilines is 2. The number of amides is 1. The van der Waals surface area contributed by atoms with Crippen molar-refractivity contribution in [1.29, 1.82) is 5.26 Å². The number of aromatic hydroxyl groups is 1. The number of carbonyl (C=O) groups is 1. The van der Waals surface area contributed by atoms with Gasteiger partial charge in [-0.05, 0) is 72.7 Å². The highest BCUT2D eigenvalue weighted by molar-refractivity contribution is 5.86. The highest BCUT2D eigenvalue weighted by Crippen LogP contribution is 2.51. The second-order valence-electron chi connectivity index (χ2n) is 9.63. The van der Waals surface area contributed by atoms with E-state index in [-0.39, 0.29) is 17.6 Å². The predicted octanol–water partition coefficient (Wildman–Crippen LogP) is 6.41. The Morgan fingerprint density at radius 1 is 1.11 bits per heavy atom. The third-order valence-corrected chi connectivity index (χ3v) is 7.46. The zero-order valence-corrected chi connectivity index (χ0v) is 20.8.